The van der Waals surface area contributed by atoms with Crippen LogP contribution in [0.1, 0.15) is 39.4 Å². The molecule has 29 heavy (non-hydrogen) atoms. The topological polar surface area (TPSA) is 64.4 Å². The van der Waals surface area contributed by atoms with Gasteiger partial charge in [0, 0.05) is 6.54 Å². The Balaban J connectivity index is 1.54. The fourth-order valence-corrected chi connectivity index (χ4v) is 3.24. The van der Waals surface area contributed by atoms with E-state index in [0.717, 1.165) is 29.7 Å². The van der Waals surface area contributed by atoms with Crippen molar-refractivity contribution >= 4 is 29.1 Å². The van der Waals surface area contributed by atoms with Crippen LogP contribution in [0.15, 0.2) is 47.0 Å². The summed E-state index contributed by atoms with van der Waals surface area (Å²) in [6.45, 7) is 4.53. The second-order valence-electron chi connectivity index (χ2n) is 6.70. The highest BCUT2D eigenvalue weighted by atomic mass is 35.5. The van der Waals surface area contributed by atoms with Crippen molar-refractivity contribution in [1.29, 1.82) is 0 Å². The van der Waals surface area contributed by atoms with Crippen LogP contribution in [0.4, 0.5) is 0 Å². The Morgan fingerprint density at radius 3 is 2.66 bits per heavy atom. The van der Waals surface area contributed by atoms with Crippen LogP contribution in [0.3, 0.4) is 0 Å². The number of para-hydroxylation sites is 1. The number of ether oxygens (including phenoxy) is 1. The Morgan fingerprint density at radius 1 is 1.14 bits per heavy atom. The standard InChI is InChI=1S/C22H22Cl2N2O3/c1-14-18(15(2)29-26-14)13-28-21-8-4-3-7-17(21)22(27)25-11-5-6-16-9-10-19(23)20(24)12-16/h3-4,7-10,12H,5-6,11,13H2,1-2H3,(H,25,27). The van der Waals surface area contributed by atoms with Crippen molar-refractivity contribution in [1.82, 2.24) is 10.5 Å². The number of aromatic nitrogens is 1. The number of rotatable bonds is 8. The molecule has 3 aromatic rings. The van der Waals surface area contributed by atoms with Crippen LogP contribution >= 0.6 is 23.2 Å². The van der Waals surface area contributed by atoms with Crippen molar-refractivity contribution in [3.63, 3.8) is 0 Å². The van der Waals surface area contributed by atoms with Crippen LogP contribution in [0.2, 0.25) is 10.0 Å². The van der Waals surface area contributed by atoms with Crippen molar-refractivity contribution in [3.05, 3.63) is 80.7 Å². The average Bonchev–Trinajstić information content (AvgIpc) is 3.04. The first-order chi connectivity index (χ1) is 14.0. The van der Waals surface area contributed by atoms with Crippen LogP contribution in [0, 0.1) is 13.8 Å². The summed E-state index contributed by atoms with van der Waals surface area (Å²) in [6, 6.07) is 12.7. The lowest BCUT2D eigenvalue weighted by Gasteiger charge is -2.12. The SMILES string of the molecule is Cc1noc(C)c1COc1ccccc1C(=O)NCCCc1ccc(Cl)c(Cl)c1. The van der Waals surface area contributed by atoms with Gasteiger partial charge in [0.05, 0.1) is 26.9 Å². The fraction of sp³-hybridized carbons (Fsp3) is 0.273. The predicted octanol–water partition coefficient (Wildman–Crippen LogP) is 5.54. The molecule has 1 aromatic heterocycles. The van der Waals surface area contributed by atoms with Gasteiger partial charge in [-0.25, -0.2) is 0 Å². The molecule has 0 saturated heterocycles. The highest BCUT2D eigenvalue weighted by Gasteiger charge is 2.14. The zero-order chi connectivity index (χ0) is 20.8. The van der Waals surface area contributed by atoms with E-state index in [0.29, 0.717) is 40.3 Å². The quantitative estimate of drug-likeness (QED) is 0.474. The largest absolute Gasteiger partial charge is 0.488 e. The van der Waals surface area contributed by atoms with Crippen molar-refractivity contribution in [3.8, 4) is 5.75 Å². The number of carbonyl (C=O) groups is 1. The number of aryl methyl sites for hydroxylation is 3. The summed E-state index contributed by atoms with van der Waals surface area (Å²) in [5.74, 6) is 1.06. The zero-order valence-corrected chi connectivity index (χ0v) is 17.8. The molecule has 0 spiro atoms. The van der Waals surface area contributed by atoms with Gasteiger partial charge in [0.2, 0.25) is 0 Å². The molecule has 0 saturated carbocycles. The minimum atomic E-state index is -0.173. The summed E-state index contributed by atoms with van der Waals surface area (Å²) < 4.78 is 11.0. The number of hydrogen-bond donors (Lipinski definition) is 1. The summed E-state index contributed by atoms with van der Waals surface area (Å²) in [6.07, 6.45) is 1.58. The van der Waals surface area contributed by atoms with Crippen molar-refractivity contribution in [2.45, 2.75) is 33.3 Å². The molecule has 0 fully saturated rings. The van der Waals surface area contributed by atoms with Crippen LogP contribution in [0.5, 0.6) is 5.75 Å². The normalized spacial score (nSPS) is 10.8. The first-order valence-electron chi connectivity index (χ1n) is 9.31. The molecule has 2 aromatic carbocycles. The molecule has 1 N–H and O–H groups in total. The van der Waals surface area contributed by atoms with Crippen molar-refractivity contribution < 1.29 is 14.1 Å². The monoisotopic (exact) mass is 432 g/mol. The molecular formula is C22H22Cl2N2O3. The second-order valence-corrected chi connectivity index (χ2v) is 7.51. The third kappa shape index (κ3) is 5.52. The summed E-state index contributed by atoms with van der Waals surface area (Å²) in [5.41, 5.74) is 3.25. The van der Waals surface area contributed by atoms with E-state index in [1.54, 1.807) is 18.2 Å². The number of hydrogen-bond acceptors (Lipinski definition) is 4. The Morgan fingerprint density at radius 2 is 1.93 bits per heavy atom. The van der Waals surface area contributed by atoms with Gasteiger partial charge in [0.1, 0.15) is 18.1 Å². The predicted molar refractivity (Wildman–Crippen MR) is 114 cm³/mol. The van der Waals surface area contributed by atoms with E-state index in [4.69, 9.17) is 32.5 Å². The minimum absolute atomic E-state index is 0.173. The fourth-order valence-electron chi connectivity index (χ4n) is 2.92. The summed E-state index contributed by atoms with van der Waals surface area (Å²) >= 11 is 12.0. The van der Waals surface area contributed by atoms with Gasteiger partial charge in [0.25, 0.3) is 5.91 Å². The van der Waals surface area contributed by atoms with Crippen LogP contribution in [-0.4, -0.2) is 17.6 Å². The van der Waals surface area contributed by atoms with E-state index >= 15 is 0 Å². The maximum Gasteiger partial charge on any atom is 0.255 e. The van der Waals surface area contributed by atoms with E-state index < -0.39 is 0 Å². The van der Waals surface area contributed by atoms with Gasteiger partial charge in [-0.2, -0.15) is 0 Å². The van der Waals surface area contributed by atoms with Gasteiger partial charge in [-0.3, -0.25) is 4.79 Å². The van der Waals surface area contributed by atoms with Crippen molar-refractivity contribution in [2.75, 3.05) is 6.54 Å². The lowest BCUT2D eigenvalue weighted by Crippen LogP contribution is -2.25. The van der Waals surface area contributed by atoms with Crippen molar-refractivity contribution in [2.24, 2.45) is 0 Å². The molecular weight excluding hydrogens is 411 g/mol. The molecule has 5 nitrogen and oxygen atoms in total. The number of amides is 1. The van der Waals surface area contributed by atoms with E-state index in [9.17, 15) is 4.79 Å². The second kappa shape index (κ2) is 9.81. The van der Waals surface area contributed by atoms with Gasteiger partial charge in [-0.15, -0.1) is 0 Å². The molecule has 1 heterocycles. The van der Waals surface area contributed by atoms with E-state index in [2.05, 4.69) is 10.5 Å². The Labute approximate surface area is 179 Å². The Bertz CT molecular complexity index is 982. The van der Waals surface area contributed by atoms with Crippen LogP contribution in [0.25, 0.3) is 0 Å². The number of carbonyl (C=O) groups excluding carboxylic acids is 1. The molecule has 0 bridgehead atoms. The van der Waals surface area contributed by atoms with Gasteiger partial charge in [-0.1, -0.05) is 46.6 Å². The molecule has 0 atom stereocenters. The number of nitrogens with zero attached hydrogens (tertiary/aromatic N) is 1. The number of benzene rings is 2. The van der Waals surface area contributed by atoms with Gasteiger partial charge in [0.15, 0.2) is 0 Å². The van der Waals surface area contributed by atoms with Crippen LogP contribution < -0.4 is 10.1 Å². The maximum atomic E-state index is 12.6. The third-order valence-electron chi connectivity index (χ3n) is 4.60. The van der Waals surface area contributed by atoms with E-state index in [1.165, 1.54) is 0 Å². The average molecular weight is 433 g/mol. The molecule has 3 rings (SSSR count). The number of halogens is 2. The molecule has 0 aliphatic carbocycles. The summed E-state index contributed by atoms with van der Waals surface area (Å²) in [5, 5.41) is 7.94. The molecule has 0 aliphatic rings. The van der Waals surface area contributed by atoms with Gasteiger partial charge in [-0.05, 0) is 56.5 Å². The van der Waals surface area contributed by atoms with Gasteiger partial charge >= 0.3 is 0 Å². The molecule has 0 radical (unpaired) electrons. The highest BCUT2D eigenvalue weighted by Crippen LogP contribution is 2.23. The summed E-state index contributed by atoms with van der Waals surface area (Å²) in [4.78, 5) is 12.6. The summed E-state index contributed by atoms with van der Waals surface area (Å²) in [7, 11) is 0. The zero-order valence-electron chi connectivity index (χ0n) is 16.3. The lowest BCUT2D eigenvalue weighted by atomic mass is 10.1. The molecule has 0 aliphatic heterocycles. The first-order valence-corrected chi connectivity index (χ1v) is 10.1. The minimum Gasteiger partial charge on any atom is -0.488 e. The van der Waals surface area contributed by atoms with E-state index in [-0.39, 0.29) is 5.91 Å². The highest BCUT2D eigenvalue weighted by molar-refractivity contribution is 6.42. The molecule has 152 valence electrons. The Kier molecular flexibility index (Phi) is 7.18. The molecule has 0 unspecified atom stereocenters. The van der Waals surface area contributed by atoms with Gasteiger partial charge < -0.3 is 14.6 Å². The molecule has 7 heteroatoms. The van der Waals surface area contributed by atoms with Crippen LogP contribution in [-0.2, 0) is 13.0 Å². The Hall–Kier alpha value is -2.50. The lowest BCUT2D eigenvalue weighted by molar-refractivity contribution is 0.0948. The molecule has 1 amide bonds. The maximum absolute atomic E-state index is 12.6. The smallest absolute Gasteiger partial charge is 0.255 e. The van der Waals surface area contributed by atoms with E-state index in [1.807, 2.05) is 38.1 Å². The number of nitrogens with one attached hydrogen (secondary N) is 1. The first kappa shape index (κ1) is 21.2. The third-order valence-corrected chi connectivity index (χ3v) is 5.34.